The summed E-state index contributed by atoms with van der Waals surface area (Å²) in [5, 5.41) is 0. The van der Waals surface area contributed by atoms with Gasteiger partial charge in [-0.2, -0.15) is 0 Å². The molecule has 2 saturated heterocycles. The third kappa shape index (κ3) is 3.27. The van der Waals surface area contributed by atoms with Gasteiger partial charge in [0.05, 0.1) is 12.0 Å². The Morgan fingerprint density at radius 2 is 2.09 bits per heavy atom. The molecule has 22 heavy (non-hydrogen) atoms. The number of likely N-dealkylation sites (N-methyl/N-ethyl adjacent to an activating group) is 1. The molecular weight excluding hydrogens is 302 g/mol. The second-order valence-electron chi connectivity index (χ2n) is 6.14. The van der Waals surface area contributed by atoms with Crippen LogP contribution in [-0.4, -0.2) is 70.6 Å². The van der Waals surface area contributed by atoms with E-state index in [2.05, 4.69) is 21.6 Å². The minimum absolute atomic E-state index is 0.0206. The monoisotopic (exact) mass is 325 g/mol. The zero-order valence-electron chi connectivity index (χ0n) is 13.0. The first kappa shape index (κ1) is 15.7. The lowest BCUT2D eigenvalue weighted by molar-refractivity contribution is 0.124. The van der Waals surface area contributed by atoms with Crippen LogP contribution in [0.2, 0.25) is 0 Å². The molecule has 1 N–H and O–H groups in total. The second kappa shape index (κ2) is 6.16. The number of ether oxygens (including phenoxy) is 1. The van der Waals surface area contributed by atoms with Gasteiger partial charge in [0, 0.05) is 44.3 Å². The van der Waals surface area contributed by atoms with Crippen LogP contribution in [0.25, 0.3) is 0 Å². The molecule has 0 aliphatic carbocycles. The van der Waals surface area contributed by atoms with E-state index in [9.17, 15) is 8.42 Å². The Morgan fingerprint density at radius 3 is 2.86 bits per heavy atom. The number of rotatable bonds is 4. The normalized spacial score (nSPS) is 26.8. The summed E-state index contributed by atoms with van der Waals surface area (Å²) >= 11 is 0. The number of methoxy groups -OCH3 is 1. The third-order valence-corrected chi connectivity index (χ3v) is 6.01. The van der Waals surface area contributed by atoms with E-state index in [4.69, 9.17) is 4.74 Å². The Morgan fingerprint density at radius 1 is 1.27 bits per heavy atom. The van der Waals surface area contributed by atoms with Crippen molar-refractivity contribution in [2.24, 2.45) is 0 Å². The molecular formula is C15H23N3O3S. The van der Waals surface area contributed by atoms with Gasteiger partial charge in [-0.05, 0) is 25.6 Å². The van der Waals surface area contributed by atoms with Crippen molar-refractivity contribution in [3.63, 3.8) is 0 Å². The standard InChI is InChI=1S/C15H23N3O3S/c1-17-6-7-18-10-12(8-13(18)11-17)16-22(19,20)15-5-3-4-14(9-15)21-2/h3-5,9,12-13,16H,6-8,10-11H2,1-2H3/t12-,13-/m0/s1. The van der Waals surface area contributed by atoms with Gasteiger partial charge in [-0.15, -0.1) is 0 Å². The van der Waals surface area contributed by atoms with Crippen LogP contribution >= 0.6 is 0 Å². The molecule has 3 rings (SSSR count). The van der Waals surface area contributed by atoms with E-state index in [1.54, 1.807) is 24.3 Å². The maximum absolute atomic E-state index is 12.5. The number of benzene rings is 1. The molecule has 0 saturated carbocycles. The fourth-order valence-electron chi connectivity index (χ4n) is 3.34. The van der Waals surface area contributed by atoms with Crippen LogP contribution in [0.3, 0.4) is 0 Å². The quantitative estimate of drug-likeness (QED) is 0.866. The zero-order valence-corrected chi connectivity index (χ0v) is 13.8. The lowest BCUT2D eigenvalue weighted by Crippen LogP contribution is -2.48. The first-order valence-corrected chi connectivity index (χ1v) is 9.05. The zero-order chi connectivity index (χ0) is 15.7. The molecule has 2 aliphatic rings. The Balaban J connectivity index is 1.70. The van der Waals surface area contributed by atoms with Gasteiger partial charge in [0.25, 0.3) is 0 Å². The molecule has 0 aromatic heterocycles. The smallest absolute Gasteiger partial charge is 0.240 e. The molecule has 2 aliphatic heterocycles. The molecule has 0 bridgehead atoms. The first-order valence-electron chi connectivity index (χ1n) is 7.57. The summed E-state index contributed by atoms with van der Waals surface area (Å²) in [6.45, 7) is 3.86. The summed E-state index contributed by atoms with van der Waals surface area (Å²) in [5.74, 6) is 0.549. The van der Waals surface area contributed by atoms with Gasteiger partial charge in [0.1, 0.15) is 5.75 Å². The minimum Gasteiger partial charge on any atom is -0.497 e. The number of fused-ring (bicyclic) bond motifs is 1. The summed E-state index contributed by atoms with van der Waals surface area (Å²) in [6.07, 6.45) is 0.869. The van der Waals surface area contributed by atoms with Gasteiger partial charge < -0.3 is 9.64 Å². The molecule has 1 aromatic rings. The average molecular weight is 325 g/mol. The largest absolute Gasteiger partial charge is 0.497 e. The Hall–Kier alpha value is -1.15. The summed E-state index contributed by atoms with van der Waals surface area (Å²) in [5.41, 5.74) is 0. The van der Waals surface area contributed by atoms with E-state index in [1.807, 2.05) is 0 Å². The maximum Gasteiger partial charge on any atom is 0.240 e. The highest BCUT2D eigenvalue weighted by Gasteiger charge is 2.37. The lowest BCUT2D eigenvalue weighted by atomic mass is 10.1. The van der Waals surface area contributed by atoms with Crippen molar-refractivity contribution in [1.82, 2.24) is 14.5 Å². The molecule has 2 atom stereocenters. The van der Waals surface area contributed by atoms with Crippen LogP contribution in [0.15, 0.2) is 29.2 Å². The van der Waals surface area contributed by atoms with Crippen molar-refractivity contribution in [2.45, 2.75) is 23.4 Å². The fourth-order valence-corrected chi connectivity index (χ4v) is 4.61. The molecule has 1 aromatic carbocycles. The molecule has 7 heteroatoms. The molecule has 0 radical (unpaired) electrons. The molecule has 0 spiro atoms. The predicted molar refractivity (Wildman–Crippen MR) is 84.6 cm³/mol. The highest BCUT2D eigenvalue weighted by Crippen LogP contribution is 2.24. The Kier molecular flexibility index (Phi) is 4.40. The van der Waals surface area contributed by atoms with Gasteiger partial charge in [-0.25, -0.2) is 13.1 Å². The van der Waals surface area contributed by atoms with Crippen LogP contribution in [0.4, 0.5) is 0 Å². The average Bonchev–Trinajstić information content (AvgIpc) is 2.87. The fraction of sp³-hybridized carbons (Fsp3) is 0.600. The summed E-state index contributed by atoms with van der Waals surface area (Å²) < 4.78 is 33.0. The lowest BCUT2D eigenvalue weighted by Gasteiger charge is -2.35. The van der Waals surface area contributed by atoms with E-state index >= 15 is 0 Å². The van der Waals surface area contributed by atoms with E-state index < -0.39 is 10.0 Å². The van der Waals surface area contributed by atoms with Crippen LogP contribution in [-0.2, 0) is 10.0 Å². The third-order valence-electron chi connectivity index (χ3n) is 4.49. The molecule has 0 amide bonds. The molecule has 6 nitrogen and oxygen atoms in total. The number of piperazine rings is 1. The van der Waals surface area contributed by atoms with Gasteiger partial charge in [-0.3, -0.25) is 4.90 Å². The molecule has 122 valence electrons. The summed E-state index contributed by atoms with van der Waals surface area (Å²) in [4.78, 5) is 4.95. The molecule has 2 heterocycles. The molecule has 2 fully saturated rings. The van der Waals surface area contributed by atoms with Crippen molar-refractivity contribution < 1.29 is 13.2 Å². The Labute approximate surface area is 132 Å². The number of sulfonamides is 1. The van der Waals surface area contributed by atoms with Crippen LogP contribution in [0, 0.1) is 0 Å². The van der Waals surface area contributed by atoms with E-state index in [1.165, 1.54) is 7.11 Å². The van der Waals surface area contributed by atoms with Crippen molar-refractivity contribution in [2.75, 3.05) is 40.3 Å². The number of nitrogens with one attached hydrogen (secondary N) is 1. The first-order chi connectivity index (χ1) is 10.5. The van der Waals surface area contributed by atoms with Gasteiger partial charge >= 0.3 is 0 Å². The van der Waals surface area contributed by atoms with Gasteiger partial charge in [0.15, 0.2) is 0 Å². The van der Waals surface area contributed by atoms with E-state index in [0.717, 1.165) is 32.6 Å². The van der Waals surface area contributed by atoms with Gasteiger partial charge in [0.2, 0.25) is 10.0 Å². The Bertz CT molecular complexity index is 635. The van der Waals surface area contributed by atoms with E-state index in [-0.39, 0.29) is 10.9 Å². The highest BCUT2D eigenvalue weighted by atomic mass is 32.2. The highest BCUT2D eigenvalue weighted by molar-refractivity contribution is 7.89. The predicted octanol–water partition coefficient (Wildman–Crippen LogP) is 0.362. The van der Waals surface area contributed by atoms with Crippen molar-refractivity contribution in [1.29, 1.82) is 0 Å². The van der Waals surface area contributed by atoms with Crippen LogP contribution in [0.1, 0.15) is 6.42 Å². The van der Waals surface area contributed by atoms with Gasteiger partial charge in [-0.1, -0.05) is 6.07 Å². The summed E-state index contributed by atoms with van der Waals surface area (Å²) in [6, 6.07) is 7.02. The minimum atomic E-state index is -3.50. The maximum atomic E-state index is 12.5. The van der Waals surface area contributed by atoms with Crippen LogP contribution < -0.4 is 9.46 Å². The molecule has 0 unspecified atom stereocenters. The summed E-state index contributed by atoms with van der Waals surface area (Å²) in [7, 11) is 0.146. The van der Waals surface area contributed by atoms with Crippen molar-refractivity contribution in [3.8, 4) is 5.75 Å². The topological polar surface area (TPSA) is 61.9 Å². The van der Waals surface area contributed by atoms with Crippen molar-refractivity contribution >= 4 is 10.0 Å². The number of hydrogen-bond acceptors (Lipinski definition) is 5. The SMILES string of the molecule is COc1cccc(S(=O)(=O)N[C@H]2C[C@H]3CN(C)CCN3C2)c1. The van der Waals surface area contributed by atoms with Crippen molar-refractivity contribution in [3.05, 3.63) is 24.3 Å². The van der Waals surface area contributed by atoms with Crippen LogP contribution in [0.5, 0.6) is 5.75 Å². The second-order valence-corrected chi connectivity index (χ2v) is 7.86. The number of hydrogen-bond donors (Lipinski definition) is 1. The number of nitrogens with zero attached hydrogens (tertiary/aromatic N) is 2. The van der Waals surface area contributed by atoms with E-state index in [0.29, 0.717) is 11.8 Å².